The van der Waals surface area contributed by atoms with Crippen LogP contribution in [0.4, 0.5) is 0 Å². The first-order chi connectivity index (χ1) is 12.1. The molecule has 2 aromatic rings. The van der Waals surface area contributed by atoms with Crippen LogP contribution in [-0.2, 0) is 13.0 Å². The Morgan fingerprint density at radius 3 is 2.72 bits per heavy atom. The van der Waals surface area contributed by atoms with Gasteiger partial charge in [-0.25, -0.2) is 0 Å². The van der Waals surface area contributed by atoms with Crippen LogP contribution in [0, 0.1) is 0 Å². The maximum atomic E-state index is 12.7. The van der Waals surface area contributed by atoms with E-state index < -0.39 is 0 Å². The molecule has 1 aliphatic heterocycles. The van der Waals surface area contributed by atoms with Crippen molar-refractivity contribution in [3.63, 3.8) is 0 Å². The number of amides is 2. The average molecular weight is 357 g/mol. The normalized spacial score (nSPS) is 13.3. The second kappa shape index (κ2) is 7.70. The summed E-state index contributed by atoms with van der Waals surface area (Å²) >= 11 is 6.14. The quantitative estimate of drug-likeness (QED) is 0.908. The van der Waals surface area contributed by atoms with Gasteiger partial charge in [-0.3, -0.25) is 9.59 Å². The number of carbonyl (C=O) groups is 2. The molecular formula is C20H21ClN2O2. The number of hydrogen-bond donors (Lipinski definition) is 1. The molecule has 1 N–H and O–H groups in total. The first kappa shape index (κ1) is 17.5. The van der Waals surface area contributed by atoms with Crippen LogP contribution in [0.25, 0.3) is 0 Å². The Morgan fingerprint density at radius 1 is 1.16 bits per heavy atom. The zero-order chi connectivity index (χ0) is 17.8. The maximum absolute atomic E-state index is 12.7. The van der Waals surface area contributed by atoms with Gasteiger partial charge in [0.25, 0.3) is 11.8 Å². The molecule has 2 amide bonds. The molecule has 0 atom stereocenters. The SMILES string of the molecule is CCCNC(=O)c1ccc2c(c1)CCN(C(=O)c1ccccc1Cl)C2. The lowest BCUT2D eigenvalue weighted by atomic mass is 9.96. The molecule has 1 aliphatic rings. The Kier molecular flexibility index (Phi) is 5.39. The van der Waals surface area contributed by atoms with Crippen molar-refractivity contribution in [2.45, 2.75) is 26.3 Å². The molecule has 0 saturated carbocycles. The predicted molar refractivity (Wildman–Crippen MR) is 99.0 cm³/mol. The third-order valence-corrected chi connectivity index (χ3v) is 4.74. The number of rotatable bonds is 4. The summed E-state index contributed by atoms with van der Waals surface area (Å²) in [5.41, 5.74) is 3.42. The summed E-state index contributed by atoms with van der Waals surface area (Å²) in [4.78, 5) is 26.6. The van der Waals surface area contributed by atoms with E-state index in [-0.39, 0.29) is 11.8 Å². The number of fused-ring (bicyclic) bond motifs is 1. The van der Waals surface area contributed by atoms with Gasteiger partial charge in [0, 0.05) is 25.2 Å². The summed E-state index contributed by atoms with van der Waals surface area (Å²) in [7, 11) is 0. The topological polar surface area (TPSA) is 49.4 Å². The van der Waals surface area contributed by atoms with Crippen LogP contribution in [0.15, 0.2) is 42.5 Å². The van der Waals surface area contributed by atoms with E-state index in [1.807, 2.05) is 37.3 Å². The summed E-state index contributed by atoms with van der Waals surface area (Å²) < 4.78 is 0. The first-order valence-electron chi connectivity index (χ1n) is 8.54. The maximum Gasteiger partial charge on any atom is 0.255 e. The monoisotopic (exact) mass is 356 g/mol. The van der Waals surface area contributed by atoms with Gasteiger partial charge >= 0.3 is 0 Å². The second-order valence-corrected chi connectivity index (χ2v) is 6.60. The Bertz CT molecular complexity index is 804. The molecule has 3 rings (SSSR count). The van der Waals surface area contributed by atoms with Crippen molar-refractivity contribution in [1.29, 1.82) is 0 Å². The van der Waals surface area contributed by atoms with Crippen LogP contribution >= 0.6 is 11.6 Å². The van der Waals surface area contributed by atoms with Crippen molar-refractivity contribution < 1.29 is 9.59 Å². The molecule has 25 heavy (non-hydrogen) atoms. The molecule has 0 aliphatic carbocycles. The summed E-state index contributed by atoms with van der Waals surface area (Å²) in [6, 6.07) is 12.8. The van der Waals surface area contributed by atoms with Gasteiger partial charge < -0.3 is 10.2 Å². The molecule has 2 aromatic carbocycles. The number of nitrogens with zero attached hydrogens (tertiary/aromatic N) is 1. The largest absolute Gasteiger partial charge is 0.352 e. The highest BCUT2D eigenvalue weighted by Crippen LogP contribution is 2.24. The molecule has 0 bridgehead atoms. The highest BCUT2D eigenvalue weighted by molar-refractivity contribution is 6.33. The van der Waals surface area contributed by atoms with E-state index >= 15 is 0 Å². The minimum absolute atomic E-state index is 0.0424. The third-order valence-electron chi connectivity index (χ3n) is 4.41. The first-order valence-corrected chi connectivity index (χ1v) is 8.91. The third kappa shape index (κ3) is 3.85. The van der Waals surface area contributed by atoms with Crippen molar-refractivity contribution in [3.8, 4) is 0 Å². The minimum atomic E-state index is -0.0546. The van der Waals surface area contributed by atoms with Gasteiger partial charge in [-0.15, -0.1) is 0 Å². The number of halogens is 1. The molecule has 4 nitrogen and oxygen atoms in total. The van der Waals surface area contributed by atoms with Crippen LogP contribution in [0.5, 0.6) is 0 Å². The summed E-state index contributed by atoms with van der Waals surface area (Å²) in [6.07, 6.45) is 1.65. The second-order valence-electron chi connectivity index (χ2n) is 6.20. The zero-order valence-electron chi connectivity index (χ0n) is 14.2. The van der Waals surface area contributed by atoms with Gasteiger partial charge in [0.15, 0.2) is 0 Å². The molecule has 0 spiro atoms. The number of carbonyl (C=O) groups excluding carboxylic acids is 2. The smallest absolute Gasteiger partial charge is 0.255 e. The number of nitrogens with one attached hydrogen (secondary N) is 1. The van der Waals surface area contributed by atoms with Gasteiger partial charge in [-0.1, -0.05) is 36.7 Å². The van der Waals surface area contributed by atoms with Crippen LogP contribution in [0.2, 0.25) is 5.02 Å². The molecule has 0 fully saturated rings. The lowest BCUT2D eigenvalue weighted by Gasteiger charge is -2.29. The van der Waals surface area contributed by atoms with E-state index in [2.05, 4.69) is 5.32 Å². The van der Waals surface area contributed by atoms with Gasteiger partial charge in [0.1, 0.15) is 0 Å². The fourth-order valence-corrected chi connectivity index (χ4v) is 3.23. The Hall–Kier alpha value is -2.33. The van der Waals surface area contributed by atoms with E-state index in [1.165, 1.54) is 0 Å². The standard InChI is InChI=1S/C20H21ClN2O2/c1-2-10-22-19(24)15-7-8-16-13-23(11-9-14(16)12-15)20(25)17-5-3-4-6-18(17)21/h3-8,12H,2,9-11,13H2,1H3,(H,22,24). The van der Waals surface area contributed by atoms with E-state index in [0.29, 0.717) is 35.8 Å². The summed E-state index contributed by atoms with van der Waals surface area (Å²) in [5.74, 6) is -0.0970. The molecule has 130 valence electrons. The fourth-order valence-electron chi connectivity index (χ4n) is 3.01. The Labute approximate surface area is 152 Å². The van der Waals surface area contributed by atoms with Crippen LogP contribution in [0.1, 0.15) is 45.2 Å². The fraction of sp³-hybridized carbons (Fsp3) is 0.300. The van der Waals surface area contributed by atoms with Crippen molar-refractivity contribution in [2.24, 2.45) is 0 Å². The van der Waals surface area contributed by atoms with Gasteiger partial charge in [-0.2, -0.15) is 0 Å². The van der Waals surface area contributed by atoms with Crippen molar-refractivity contribution >= 4 is 23.4 Å². The number of benzene rings is 2. The lowest BCUT2D eigenvalue weighted by Crippen LogP contribution is -2.36. The zero-order valence-corrected chi connectivity index (χ0v) is 15.0. The van der Waals surface area contributed by atoms with Crippen LogP contribution in [-0.4, -0.2) is 29.8 Å². The van der Waals surface area contributed by atoms with E-state index in [1.54, 1.807) is 17.0 Å². The van der Waals surface area contributed by atoms with E-state index in [0.717, 1.165) is 24.0 Å². The van der Waals surface area contributed by atoms with E-state index in [4.69, 9.17) is 11.6 Å². The molecule has 0 aromatic heterocycles. The molecule has 0 radical (unpaired) electrons. The van der Waals surface area contributed by atoms with Crippen molar-refractivity contribution in [3.05, 3.63) is 69.7 Å². The van der Waals surface area contributed by atoms with Gasteiger partial charge in [0.05, 0.1) is 10.6 Å². The van der Waals surface area contributed by atoms with Crippen molar-refractivity contribution in [1.82, 2.24) is 10.2 Å². The average Bonchev–Trinajstić information content (AvgIpc) is 2.65. The molecular weight excluding hydrogens is 336 g/mol. The highest BCUT2D eigenvalue weighted by atomic mass is 35.5. The lowest BCUT2D eigenvalue weighted by molar-refractivity contribution is 0.0734. The highest BCUT2D eigenvalue weighted by Gasteiger charge is 2.23. The number of hydrogen-bond acceptors (Lipinski definition) is 2. The van der Waals surface area contributed by atoms with Crippen LogP contribution < -0.4 is 5.32 Å². The van der Waals surface area contributed by atoms with Gasteiger partial charge in [0.2, 0.25) is 0 Å². The van der Waals surface area contributed by atoms with Crippen LogP contribution in [0.3, 0.4) is 0 Å². The summed E-state index contributed by atoms with van der Waals surface area (Å²) in [6.45, 7) is 3.86. The summed E-state index contributed by atoms with van der Waals surface area (Å²) in [5, 5.41) is 3.37. The molecule has 1 heterocycles. The van der Waals surface area contributed by atoms with Crippen molar-refractivity contribution in [2.75, 3.05) is 13.1 Å². The Balaban J connectivity index is 1.75. The van der Waals surface area contributed by atoms with E-state index in [9.17, 15) is 9.59 Å². The molecule has 0 unspecified atom stereocenters. The molecule has 0 saturated heterocycles. The minimum Gasteiger partial charge on any atom is -0.352 e. The Morgan fingerprint density at radius 2 is 1.96 bits per heavy atom. The molecule has 5 heteroatoms. The predicted octanol–water partition coefficient (Wildman–Crippen LogP) is 3.68. The van der Waals surface area contributed by atoms with Gasteiger partial charge in [-0.05, 0) is 48.2 Å².